The summed E-state index contributed by atoms with van der Waals surface area (Å²) in [6, 6.07) is 27.5. The summed E-state index contributed by atoms with van der Waals surface area (Å²) in [5, 5.41) is 3.57. The van der Waals surface area contributed by atoms with Crippen LogP contribution in [0.15, 0.2) is 108 Å². The molecule has 4 rings (SSSR count). The van der Waals surface area contributed by atoms with Crippen LogP contribution in [-0.2, 0) is 32.6 Å². The first-order valence-corrected chi connectivity index (χ1v) is 17.0. The molecule has 1 N–H and O–H groups in total. The predicted octanol–water partition coefficient (Wildman–Crippen LogP) is 7.40. The maximum absolute atomic E-state index is 14.5. The van der Waals surface area contributed by atoms with Crippen molar-refractivity contribution in [3.63, 3.8) is 0 Å². The fourth-order valence-electron chi connectivity index (χ4n) is 4.75. The van der Waals surface area contributed by atoms with E-state index >= 15 is 0 Å². The summed E-state index contributed by atoms with van der Waals surface area (Å²) in [7, 11) is -4.31. The summed E-state index contributed by atoms with van der Waals surface area (Å²) in [6.07, 6.45) is 0.876. The minimum atomic E-state index is -4.31. The zero-order chi connectivity index (χ0) is 32.6. The average molecular weight is 687 g/mol. The number of nitrogens with one attached hydrogen (secondary N) is 1. The Kier molecular flexibility index (Phi) is 11.9. The fraction of sp³-hybridized carbons (Fsp3) is 0.235. The van der Waals surface area contributed by atoms with E-state index in [2.05, 4.69) is 5.32 Å². The molecular formula is C34H34Cl3N3O4S. The molecule has 0 saturated heterocycles. The zero-order valence-corrected chi connectivity index (χ0v) is 28.0. The molecular weight excluding hydrogens is 653 g/mol. The SMILES string of the molecule is CC[C@@H](C)NC(=O)[C@@H](Cc1ccccc1)N(Cc1cccc(Cl)c1)C(=O)CN(c1cccc(Cl)c1Cl)S(=O)(=O)c1ccccc1. The van der Waals surface area contributed by atoms with Gasteiger partial charge in [0.15, 0.2) is 0 Å². The second-order valence-corrected chi connectivity index (χ2v) is 13.7. The number of nitrogens with zero attached hydrogens (tertiary/aromatic N) is 2. The van der Waals surface area contributed by atoms with Gasteiger partial charge in [0.25, 0.3) is 10.0 Å². The third-order valence-electron chi connectivity index (χ3n) is 7.32. The van der Waals surface area contributed by atoms with Crippen LogP contribution in [0.1, 0.15) is 31.4 Å². The lowest BCUT2D eigenvalue weighted by atomic mass is 10.0. The van der Waals surface area contributed by atoms with Crippen molar-refractivity contribution in [2.24, 2.45) is 0 Å². The number of carbonyl (C=O) groups is 2. The standard InChI is InChI=1S/C34H34Cl3N3O4S/c1-3-24(2)38-34(42)31(21-25-12-6-4-7-13-25)39(22-26-14-10-15-27(35)20-26)32(41)23-40(30-19-11-18-29(36)33(30)37)45(43,44)28-16-8-5-9-17-28/h4-20,24,31H,3,21-23H2,1-2H3,(H,38,42)/t24-,31-/m1/s1. The van der Waals surface area contributed by atoms with Gasteiger partial charge in [0.2, 0.25) is 11.8 Å². The largest absolute Gasteiger partial charge is 0.352 e. The number of carbonyl (C=O) groups excluding carboxylic acids is 2. The van der Waals surface area contributed by atoms with Crippen molar-refractivity contribution < 1.29 is 18.0 Å². The first-order valence-electron chi connectivity index (χ1n) is 14.4. The Morgan fingerprint density at radius 3 is 2.09 bits per heavy atom. The highest BCUT2D eigenvalue weighted by Crippen LogP contribution is 2.35. The summed E-state index contributed by atoms with van der Waals surface area (Å²) >= 11 is 19.1. The molecule has 45 heavy (non-hydrogen) atoms. The Hall–Kier alpha value is -3.56. The Morgan fingerprint density at radius 1 is 0.822 bits per heavy atom. The van der Waals surface area contributed by atoms with Gasteiger partial charge < -0.3 is 10.2 Å². The van der Waals surface area contributed by atoms with Crippen LogP contribution in [0.25, 0.3) is 0 Å². The first-order chi connectivity index (χ1) is 21.5. The predicted molar refractivity (Wildman–Crippen MR) is 181 cm³/mol. The number of hydrogen-bond acceptors (Lipinski definition) is 4. The third kappa shape index (κ3) is 8.79. The highest BCUT2D eigenvalue weighted by molar-refractivity contribution is 7.92. The topological polar surface area (TPSA) is 86.8 Å². The molecule has 0 aromatic heterocycles. The van der Waals surface area contributed by atoms with Gasteiger partial charge in [-0.1, -0.05) is 108 Å². The Balaban J connectivity index is 1.83. The maximum atomic E-state index is 14.5. The molecule has 0 spiro atoms. The molecule has 4 aromatic carbocycles. The van der Waals surface area contributed by atoms with Gasteiger partial charge in [0.05, 0.1) is 20.6 Å². The van der Waals surface area contributed by atoms with Crippen molar-refractivity contribution >= 4 is 62.3 Å². The number of halogens is 3. The molecule has 0 aliphatic rings. The number of hydrogen-bond donors (Lipinski definition) is 1. The smallest absolute Gasteiger partial charge is 0.264 e. The monoisotopic (exact) mass is 685 g/mol. The van der Waals surface area contributed by atoms with Gasteiger partial charge in [-0.15, -0.1) is 0 Å². The molecule has 2 amide bonds. The second-order valence-electron chi connectivity index (χ2n) is 10.6. The van der Waals surface area contributed by atoms with Crippen molar-refractivity contribution in [1.29, 1.82) is 0 Å². The molecule has 4 aromatic rings. The molecule has 2 atom stereocenters. The van der Waals surface area contributed by atoms with Gasteiger partial charge in [-0.25, -0.2) is 8.42 Å². The summed E-state index contributed by atoms with van der Waals surface area (Å²) < 4.78 is 29.1. The van der Waals surface area contributed by atoms with E-state index in [1.807, 2.05) is 44.2 Å². The third-order valence-corrected chi connectivity index (χ3v) is 10.1. The van der Waals surface area contributed by atoms with E-state index in [1.54, 1.807) is 48.5 Å². The molecule has 0 aliphatic heterocycles. The Labute approximate surface area is 279 Å². The molecule has 0 radical (unpaired) electrons. The molecule has 0 heterocycles. The Morgan fingerprint density at radius 2 is 1.44 bits per heavy atom. The molecule has 0 unspecified atom stereocenters. The van der Waals surface area contributed by atoms with Crippen LogP contribution in [0.3, 0.4) is 0 Å². The molecule has 0 fully saturated rings. The van der Waals surface area contributed by atoms with E-state index in [4.69, 9.17) is 34.8 Å². The second kappa shape index (κ2) is 15.6. The average Bonchev–Trinajstić information content (AvgIpc) is 3.03. The molecule has 11 heteroatoms. The zero-order valence-electron chi connectivity index (χ0n) is 24.9. The van der Waals surface area contributed by atoms with Gasteiger partial charge in [-0.05, 0) is 60.9 Å². The van der Waals surface area contributed by atoms with Crippen LogP contribution in [0.4, 0.5) is 5.69 Å². The number of sulfonamides is 1. The minimum absolute atomic E-state index is 0.00662. The van der Waals surface area contributed by atoms with E-state index in [9.17, 15) is 18.0 Å². The summed E-state index contributed by atoms with van der Waals surface area (Å²) in [4.78, 5) is 29.8. The summed E-state index contributed by atoms with van der Waals surface area (Å²) in [5.41, 5.74) is 1.54. The number of benzene rings is 4. The molecule has 0 aliphatic carbocycles. The van der Waals surface area contributed by atoms with E-state index < -0.39 is 28.5 Å². The lowest BCUT2D eigenvalue weighted by Gasteiger charge is -2.34. The van der Waals surface area contributed by atoms with Gasteiger partial charge in [0.1, 0.15) is 12.6 Å². The number of amides is 2. The van der Waals surface area contributed by atoms with Gasteiger partial charge in [-0.2, -0.15) is 0 Å². The first kappa shape index (κ1) is 34.3. The molecule has 7 nitrogen and oxygen atoms in total. The lowest BCUT2D eigenvalue weighted by Crippen LogP contribution is -2.54. The molecule has 0 saturated carbocycles. The summed E-state index contributed by atoms with van der Waals surface area (Å²) in [6.45, 7) is 3.18. The fourth-order valence-corrected chi connectivity index (χ4v) is 6.85. The van der Waals surface area contributed by atoms with Crippen molar-refractivity contribution in [3.05, 3.63) is 129 Å². The van der Waals surface area contributed by atoms with Gasteiger partial charge in [0, 0.05) is 24.0 Å². The van der Waals surface area contributed by atoms with Gasteiger partial charge >= 0.3 is 0 Å². The van der Waals surface area contributed by atoms with Crippen molar-refractivity contribution in [3.8, 4) is 0 Å². The van der Waals surface area contributed by atoms with Crippen LogP contribution in [0.2, 0.25) is 15.1 Å². The van der Waals surface area contributed by atoms with E-state index in [0.717, 1.165) is 9.87 Å². The molecule has 0 bridgehead atoms. The van der Waals surface area contributed by atoms with E-state index in [-0.39, 0.29) is 45.5 Å². The highest BCUT2D eigenvalue weighted by atomic mass is 35.5. The van der Waals surface area contributed by atoms with Crippen LogP contribution >= 0.6 is 34.8 Å². The van der Waals surface area contributed by atoms with Crippen LogP contribution < -0.4 is 9.62 Å². The highest BCUT2D eigenvalue weighted by Gasteiger charge is 2.35. The maximum Gasteiger partial charge on any atom is 0.264 e. The normalized spacial score (nSPS) is 12.6. The quantitative estimate of drug-likeness (QED) is 0.159. The number of rotatable bonds is 13. The Bertz CT molecular complexity index is 1720. The minimum Gasteiger partial charge on any atom is -0.352 e. The summed E-state index contributed by atoms with van der Waals surface area (Å²) in [5.74, 6) is -0.979. The van der Waals surface area contributed by atoms with Crippen molar-refractivity contribution in [1.82, 2.24) is 10.2 Å². The lowest BCUT2D eigenvalue weighted by molar-refractivity contribution is -0.140. The van der Waals surface area contributed by atoms with Crippen molar-refractivity contribution in [2.75, 3.05) is 10.8 Å². The van der Waals surface area contributed by atoms with Gasteiger partial charge in [-0.3, -0.25) is 13.9 Å². The number of anilines is 1. The van der Waals surface area contributed by atoms with Crippen LogP contribution in [0, 0.1) is 0 Å². The van der Waals surface area contributed by atoms with Crippen LogP contribution in [0.5, 0.6) is 0 Å². The molecule has 236 valence electrons. The van der Waals surface area contributed by atoms with Crippen LogP contribution in [-0.4, -0.2) is 43.8 Å². The van der Waals surface area contributed by atoms with E-state index in [0.29, 0.717) is 17.0 Å². The van der Waals surface area contributed by atoms with Crippen molar-refractivity contribution in [2.45, 2.75) is 50.2 Å². The van der Waals surface area contributed by atoms with E-state index in [1.165, 1.54) is 29.2 Å².